The van der Waals surface area contributed by atoms with E-state index in [1.165, 1.54) is 161 Å². The molecule has 0 bridgehead atoms. The second-order valence-corrected chi connectivity index (χ2v) is 27.3. The molecule has 91 heavy (non-hydrogen) atoms. The van der Waals surface area contributed by atoms with Gasteiger partial charge in [-0.25, -0.2) is 0 Å². The van der Waals surface area contributed by atoms with Crippen molar-refractivity contribution < 1.29 is 32.9 Å². The summed E-state index contributed by atoms with van der Waals surface area (Å²) in [6.07, 6.45) is 110. The number of quaternary nitrogens is 1. The molecule has 9 heteroatoms. The number of nitrogens with zero attached hydrogens (tertiary/aromatic N) is 1. The van der Waals surface area contributed by atoms with Crippen LogP contribution in [0.25, 0.3) is 0 Å². The number of rotatable bonds is 67. The van der Waals surface area contributed by atoms with Crippen LogP contribution < -0.4 is 10.2 Å². The Balaban J connectivity index is 4.16. The Hall–Kier alpha value is -3.88. The zero-order chi connectivity index (χ0) is 66.2. The van der Waals surface area contributed by atoms with Crippen molar-refractivity contribution in [2.24, 2.45) is 0 Å². The van der Waals surface area contributed by atoms with Gasteiger partial charge in [-0.2, -0.15) is 0 Å². The number of carbonyl (C=O) groups is 1. The van der Waals surface area contributed by atoms with Crippen LogP contribution >= 0.6 is 7.82 Å². The minimum absolute atomic E-state index is 0.0169. The van der Waals surface area contributed by atoms with Crippen molar-refractivity contribution in [3.05, 3.63) is 158 Å². The van der Waals surface area contributed by atoms with Crippen molar-refractivity contribution >= 4 is 13.7 Å². The first-order valence-electron chi connectivity index (χ1n) is 37.3. The fraction of sp³-hybridized carbons (Fsp3) is 0.671. The lowest BCUT2D eigenvalue weighted by atomic mass is 10.0. The van der Waals surface area contributed by atoms with Gasteiger partial charge in [0.05, 0.1) is 39.9 Å². The molecule has 520 valence electrons. The van der Waals surface area contributed by atoms with Gasteiger partial charge in [0.15, 0.2) is 0 Å². The van der Waals surface area contributed by atoms with Crippen molar-refractivity contribution in [2.75, 3.05) is 40.9 Å². The summed E-state index contributed by atoms with van der Waals surface area (Å²) < 4.78 is 23.4. The van der Waals surface area contributed by atoms with Crippen LogP contribution in [0.3, 0.4) is 0 Å². The van der Waals surface area contributed by atoms with E-state index < -0.39 is 26.6 Å². The molecule has 0 aromatic carbocycles. The molecule has 0 rings (SSSR count). The number of aliphatic hydroxyl groups excluding tert-OH is 1. The summed E-state index contributed by atoms with van der Waals surface area (Å²) in [6.45, 7) is 4.51. The third kappa shape index (κ3) is 73.4. The highest BCUT2D eigenvalue weighted by Crippen LogP contribution is 2.38. The van der Waals surface area contributed by atoms with Crippen LogP contribution in [0.5, 0.6) is 0 Å². The summed E-state index contributed by atoms with van der Waals surface area (Å²) >= 11 is 0. The Morgan fingerprint density at radius 3 is 1.02 bits per heavy atom. The van der Waals surface area contributed by atoms with Gasteiger partial charge >= 0.3 is 0 Å². The van der Waals surface area contributed by atoms with Gasteiger partial charge in [-0.05, 0) is 122 Å². The van der Waals surface area contributed by atoms with E-state index in [1.54, 1.807) is 6.08 Å². The summed E-state index contributed by atoms with van der Waals surface area (Å²) in [5.41, 5.74) is 0. The van der Waals surface area contributed by atoms with Gasteiger partial charge < -0.3 is 28.8 Å². The van der Waals surface area contributed by atoms with E-state index >= 15 is 0 Å². The first kappa shape index (κ1) is 87.1. The molecule has 3 atom stereocenters. The van der Waals surface area contributed by atoms with E-state index in [2.05, 4.69) is 165 Å². The summed E-state index contributed by atoms with van der Waals surface area (Å²) in [7, 11) is 1.22. The second kappa shape index (κ2) is 70.4. The van der Waals surface area contributed by atoms with Crippen LogP contribution in [-0.2, 0) is 18.4 Å². The standard InChI is InChI=1S/C82H141N2O6P/c1-6-8-10-12-14-16-18-20-22-24-26-28-30-32-34-36-37-38-39-40-41-42-43-44-45-46-47-48-50-52-54-56-58-60-62-64-66-68-70-72-74-76-82(86)83-80(79-90-91(87,88)89-78-77-84(3,4)5)81(85)75-73-71-69-67-65-63-61-59-57-55-53-51-49-35-33-31-29-27-25-23-21-19-17-15-13-11-9-7-2/h8,10,14,16,20,22,26,28,32,34,37-38,40-41,43-44,46-47,50,52,57,59,65,67,73,75,80-81,85H,6-7,9,11-13,15,17-19,21,23-25,27,29-31,33,35-36,39,42,45,48-49,51,53-56,58,60-64,66,68-72,74,76-79H2,1-5H3,(H-,83,86,87,88)/b10-8-,16-14-,22-20-,28-26-,34-32-,38-37-,41-40-,44-43-,47-46-,52-50-,59-57+,67-65+,75-73+. The van der Waals surface area contributed by atoms with Crippen molar-refractivity contribution in [3.63, 3.8) is 0 Å². The molecule has 0 saturated carbocycles. The van der Waals surface area contributed by atoms with Crippen molar-refractivity contribution in [1.29, 1.82) is 0 Å². The Kier molecular flexibility index (Phi) is 67.4. The van der Waals surface area contributed by atoms with Gasteiger partial charge in [0.1, 0.15) is 13.2 Å². The lowest BCUT2D eigenvalue weighted by Gasteiger charge is -2.29. The number of nitrogens with one attached hydrogen (secondary N) is 1. The maximum Gasteiger partial charge on any atom is 0.268 e. The SMILES string of the molecule is CC/C=C\C/C=C\C/C=C\C/C=C\C/C=C\C/C=C\C/C=C\C/C=C\C/C=C\C/C=C\CCCCCCCCCCCCC(=O)NC(COP(=O)([O-])OCC[N+](C)(C)C)C(O)/C=C/CC/C=C/CC/C=C/CCCCCCCCCCCCCCCCCCCC. The molecule has 0 aromatic rings. The molecule has 0 aliphatic heterocycles. The summed E-state index contributed by atoms with van der Waals surface area (Å²) in [4.78, 5) is 25.7. The maximum absolute atomic E-state index is 13.1. The largest absolute Gasteiger partial charge is 0.756 e. The molecule has 0 radical (unpaired) electrons. The molecule has 0 aliphatic rings. The third-order valence-corrected chi connectivity index (χ3v) is 16.9. The van der Waals surface area contributed by atoms with Crippen molar-refractivity contribution in [1.82, 2.24) is 5.32 Å². The average molecular weight is 1280 g/mol. The molecular weight excluding hydrogens is 1140 g/mol. The molecule has 8 nitrogen and oxygen atoms in total. The fourth-order valence-electron chi connectivity index (χ4n) is 10.2. The highest BCUT2D eigenvalue weighted by atomic mass is 31.2. The van der Waals surface area contributed by atoms with Crippen LogP contribution in [0.15, 0.2) is 158 Å². The highest BCUT2D eigenvalue weighted by Gasteiger charge is 2.23. The van der Waals surface area contributed by atoms with E-state index in [-0.39, 0.29) is 12.5 Å². The van der Waals surface area contributed by atoms with Crippen molar-refractivity contribution in [2.45, 2.75) is 315 Å². The molecule has 3 unspecified atom stereocenters. The predicted molar refractivity (Wildman–Crippen MR) is 398 cm³/mol. The van der Waals surface area contributed by atoms with E-state index in [0.29, 0.717) is 17.4 Å². The Morgan fingerprint density at radius 2 is 0.681 bits per heavy atom. The Bertz CT molecular complexity index is 2050. The number of hydrogen-bond donors (Lipinski definition) is 2. The lowest BCUT2D eigenvalue weighted by molar-refractivity contribution is -0.870. The number of phosphoric ester groups is 1. The summed E-state index contributed by atoms with van der Waals surface area (Å²) in [5, 5.41) is 13.9. The number of hydrogen-bond acceptors (Lipinski definition) is 6. The monoisotopic (exact) mass is 1280 g/mol. The highest BCUT2D eigenvalue weighted by molar-refractivity contribution is 7.45. The van der Waals surface area contributed by atoms with Crippen LogP contribution in [0, 0.1) is 0 Å². The normalized spacial score (nSPS) is 14.5. The zero-order valence-corrected chi connectivity index (χ0v) is 60.4. The number of carbonyl (C=O) groups excluding carboxylic acids is 1. The van der Waals surface area contributed by atoms with Crippen LogP contribution in [0.2, 0.25) is 0 Å². The molecule has 0 aliphatic carbocycles. The molecule has 0 aromatic heterocycles. The number of likely N-dealkylation sites (N-methyl/N-ethyl adjacent to an activating group) is 1. The fourth-order valence-corrected chi connectivity index (χ4v) is 10.9. The van der Waals surface area contributed by atoms with E-state index in [1.807, 2.05) is 27.2 Å². The van der Waals surface area contributed by atoms with Crippen LogP contribution in [0.4, 0.5) is 0 Å². The number of unbranched alkanes of at least 4 members (excludes halogenated alkanes) is 30. The number of amides is 1. The van der Waals surface area contributed by atoms with Gasteiger partial charge in [-0.3, -0.25) is 9.36 Å². The van der Waals surface area contributed by atoms with Crippen LogP contribution in [0.1, 0.15) is 303 Å². The van der Waals surface area contributed by atoms with Gasteiger partial charge in [0.25, 0.3) is 7.82 Å². The Labute approximate surface area is 562 Å². The number of allylic oxidation sites excluding steroid dienone is 25. The minimum Gasteiger partial charge on any atom is -0.756 e. The molecular formula is C82H141N2O6P. The zero-order valence-electron chi connectivity index (χ0n) is 59.5. The quantitative estimate of drug-likeness (QED) is 0.0272. The van der Waals surface area contributed by atoms with Crippen LogP contribution in [-0.4, -0.2) is 68.5 Å². The number of phosphoric acid groups is 1. The summed E-state index contributed by atoms with van der Waals surface area (Å²) in [6, 6.07) is -0.925. The summed E-state index contributed by atoms with van der Waals surface area (Å²) in [5.74, 6) is -0.220. The molecule has 0 saturated heterocycles. The average Bonchev–Trinajstić information content (AvgIpc) is 3.59. The lowest BCUT2D eigenvalue weighted by Crippen LogP contribution is -2.45. The maximum atomic E-state index is 13.1. The molecule has 0 spiro atoms. The molecule has 0 heterocycles. The predicted octanol–water partition coefficient (Wildman–Crippen LogP) is 23.9. The molecule has 0 fully saturated rings. The van der Waals surface area contributed by atoms with E-state index in [4.69, 9.17) is 9.05 Å². The number of aliphatic hydroxyl groups is 1. The van der Waals surface area contributed by atoms with Crippen molar-refractivity contribution in [3.8, 4) is 0 Å². The first-order chi connectivity index (χ1) is 44.5. The third-order valence-electron chi connectivity index (χ3n) is 15.9. The van der Waals surface area contributed by atoms with E-state index in [0.717, 1.165) is 122 Å². The van der Waals surface area contributed by atoms with Gasteiger partial charge in [0.2, 0.25) is 5.91 Å². The van der Waals surface area contributed by atoms with E-state index in [9.17, 15) is 19.4 Å². The Morgan fingerprint density at radius 1 is 0.396 bits per heavy atom. The smallest absolute Gasteiger partial charge is 0.268 e. The first-order valence-corrected chi connectivity index (χ1v) is 38.8. The molecule has 2 N–H and O–H groups in total. The van der Waals surface area contributed by atoms with Gasteiger partial charge in [-0.1, -0.05) is 332 Å². The van der Waals surface area contributed by atoms with Gasteiger partial charge in [0, 0.05) is 6.42 Å². The van der Waals surface area contributed by atoms with Gasteiger partial charge in [-0.15, -0.1) is 0 Å². The topological polar surface area (TPSA) is 108 Å². The molecule has 1 amide bonds. The minimum atomic E-state index is -4.63. The second-order valence-electron chi connectivity index (χ2n) is 25.9.